The van der Waals surface area contributed by atoms with Gasteiger partial charge in [0.1, 0.15) is 0 Å². The first-order chi connectivity index (χ1) is 9.63. The highest BCUT2D eigenvalue weighted by molar-refractivity contribution is 5.07. The van der Waals surface area contributed by atoms with Crippen LogP contribution < -0.4 is 11.3 Å². The van der Waals surface area contributed by atoms with Crippen LogP contribution in [0.15, 0.2) is 12.4 Å². The van der Waals surface area contributed by atoms with Crippen molar-refractivity contribution in [2.24, 2.45) is 23.6 Å². The number of nitrogens with one attached hydrogen (secondary N) is 1. The lowest BCUT2D eigenvalue weighted by atomic mass is 9.74. The molecule has 4 nitrogen and oxygen atoms in total. The summed E-state index contributed by atoms with van der Waals surface area (Å²) in [5.74, 6) is 8.25. The number of hydrogen-bond acceptors (Lipinski definition) is 3. The molecule has 1 heterocycles. The number of hydrazine groups is 1. The van der Waals surface area contributed by atoms with E-state index >= 15 is 0 Å². The monoisotopic (exact) mass is 278 g/mol. The van der Waals surface area contributed by atoms with Gasteiger partial charge in [-0.2, -0.15) is 5.10 Å². The Bertz CT molecular complexity index is 391. The molecule has 1 unspecified atom stereocenters. The zero-order chi connectivity index (χ0) is 14.5. The lowest BCUT2D eigenvalue weighted by Crippen LogP contribution is -2.43. The molecule has 0 bridgehead atoms. The summed E-state index contributed by atoms with van der Waals surface area (Å²) >= 11 is 0. The summed E-state index contributed by atoms with van der Waals surface area (Å²) in [5, 5.41) is 4.35. The molecule has 0 radical (unpaired) electrons. The zero-order valence-electron chi connectivity index (χ0n) is 13.2. The molecule has 1 aliphatic rings. The predicted molar refractivity (Wildman–Crippen MR) is 83.0 cm³/mol. The molecule has 114 valence electrons. The van der Waals surface area contributed by atoms with Crippen molar-refractivity contribution in [3.8, 4) is 0 Å². The van der Waals surface area contributed by atoms with Gasteiger partial charge >= 0.3 is 0 Å². The largest absolute Gasteiger partial charge is 0.273 e. The van der Waals surface area contributed by atoms with Gasteiger partial charge in [0.15, 0.2) is 0 Å². The molecular weight excluding hydrogens is 248 g/mol. The summed E-state index contributed by atoms with van der Waals surface area (Å²) in [6, 6.07) is 0.387. The molecule has 1 aromatic heterocycles. The Kier molecular flexibility index (Phi) is 5.61. The van der Waals surface area contributed by atoms with Crippen LogP contribution in [0, 0.1) is 17.8 Å². The number of aryl methyl sites for hydroxylation is 1. The number of rotatable bonds is 6. The number of nitrogens with zero attached hydrogens (tertiary/aromatic N) is 2. The highest BCUT2D eigenvalue weighted by atomic mass is 15.3. The number of hydrogen-bond donors (Lipinski definition) is 2. The highest BCUT2D eigenvalue weighted by Crippen LogP contribution is 2.35. The SMILES string of the molecule is CCn1cc(CC(NN)C2CCC(C(C)C)CC2)cn1. The summed E-state index contributed by atoms with van der Waals surface area (Å²) in [6.45, 7) is 7.74. The molecule has 0 aliphatic heterocycles. The second kappa shape index (κ2) is 7.23. The molecule has 4 heteroatoms. The predicted octanol–water partition coefficient (Wildman–Crippen LogP) is 2.74. The first-order valence-electron chi connectivity index (χ1n) is 8.11. The van der Waals surface area contributed by atoms with Gasteiger partial charge < -0.3 is 0 Å². The van der Waals surface area contributed by atoms with Crippen LogP contribution in [0.25, 0.3) is 0 Å². The van der Waals surface area contributed by atoms with Gasteiger partial charge in [0.05, 0.1) is 6.20 Å². The van der Waals surface area contributed by atoms with E-state index in [4.69, 9.17) is 5.84 Å². The van der Waals surface area contributed by atoms with Crippen molar-refractivity contribution in [1.29, 1.82) is 0 Å². The molecule has 1 fully saturated rings. The third-order valence-electron chi connectivity index (χ3n) is 5.01. The summed E-state index contributed by atoms with van der Waals surface area (Å²) < 4.78 is 1.98. The zero-order valence-corrected chi connectivity index (χ0v) is 13.2. The highest BCUT2D eigenvalue weighted by Gasteiger charge is 2.28. The Labute approximate surface area is 123 Å². The van der Waals surface area contributed by atoms with Crippen molar-refractivity contribution in [1.82, 2.24) is 15.2 Å². The molecule has 1 aromatic rings. The van der Waals surface area contributed by atoms with Gasteiger partial charge in [0.2, 0.25) is 0 Å². The standard InChI is InChI=1S/C16H30N4/c1-4-20-11-13(10-18-20)9-16(19-17)15-7-5-14(6-8-15)12(2)3/h10-12,14-16,19H,4-9,17H2,1-3H3. The minimum Gasteiger partial charge on any atom is -0.273 e. The molecule has 1 atom stereocenters. The number of nitrogens with two attached hydrogens (primary N) is 1. The van der Waals surface area contributed by atoms with Gasteiger partial charge in [-0.05, 0) is 62.3 Å². The van der Waals surface area contributed by atoms with E-state index in [-0.39, 0.29) is 0 Å². The van der Waals surface area contributed by atoms with Gasteiger partial charge in [0.25, 0.3) is 0 Å². The van der Waals surface area contributed by atoms with E-state index < -0.39 is 0 Å². The van der Waals surface area contributed by atoms with E-state index in [1.54, 1.807) is 0 Å². The summed E-state index contributed by atoms with van der Waals surface area (Å²) in [6.07, 6.45) is 10.4. The quantitative estimate of drug-likeness (QED) is 0.621. The van der Waals surface area contributed by atoms with Crippen LogP contribution in [0.4, 0.5) is 0 Å². The molecule has 0 saturated heterocycles. The molecule has 0 spiro atoms. The van der Waals surface area contributed by atoms with Crippen LogP contribution in [0.2, 0.25) is 0 Å². The molecular formula is C16H30N4. The fourth-order valence-electron chi connectivity index (χ4n) is 3.51. The Hall–Kier alpha value is -0.870. The maximum atomic E-state index is 5.81. The van der Waals surface area contributed by atoms with E-state index in [1.807, 2.05) is 10.9 Å². The number of aromatic nitrogens is 2. The molecule has 20 heavy (non-hydrogen) atoms. The summed E-state index contributed by atoms with van der Waals surface area (Å²) in [4.78, 5) is 0. The van der Waals surface area contributed by atoms with Crippen molar-refractivity contribution >= 4 is 0 Å². The molecule has 3 N–H and O–H groups in total. The maximum Gasteiger partial charge on any atom is 0.0522 e. The average Bonchev–Trinajstić information content (AvgIpc) is 2.92. The first kappa shape index (κ1) is 15.5. The van der Waals surface area contributed by atoms with Crippen LogP contribution in [-0.2, 0) is 13.0 Å². The van der Waals surface area contributed by atoms with Crippen LogP contribution in [0.3, 0.4) is 0 Å². The van der Waals surface area contributed by atoms with Gasteiger partial charge in [-0.3, -0.25) is 16.0 Å². The Morgan fingerprint density at radius 3 is 2.45 bits per heavy atom. The third kappa shape index (κ3) is 3.83. The fourth-order valence-corrected chi connectivity index (χ4v) is 3.51. The molecule has 0 aromatic carbocycles. The Morgan fingerprint density at radius 1 is 1.30 bits per heavy atom. The minimum absolute atomic E-state index is 0.387. The smallest absolute Gasteiger partial charge is 0.0522 e. The van der Waals surface area contributed by atoms with Gasteiger partial charge in [-0.25, -0.2) is 0 Å². The lowest BCUT2D eigenvalue weighted by molar-refractivity contribution is 0.188. The topological polar surface area (TPSA) is 55.9 Å². The Morgan fingerprint density at radius 2 is 1.95 bits per heavy atom. The van der Waals surface area contributed by atoms with Crippen LogP contribution in [0.1, 0.15) is 52.0 Å². The molecule has 1 saturated carbocycles. The van der Waals surface area contributed by atoms with E-state index in [1.165, 1.54) is 31.2 Å². The summed E-state index contributed by atoms with van der Waals surface area (Å²) in [7, 11) is 0. The second-order valence-electron chi connectivity index (χ2n) is 6.60. The summed E-state index contributed by atoms with van der Waals surface area (Å²) in [5.41, 5.74) is 4.35. The van der Waals surface area contributed by atoms with Gasteiger partial charge in [0, 0.05) is 18.8 Å². The van der Waals surface area contributed by atoms with Crippen molar-refractivity contribution < 1.29 is 0 Å². The minimum atomic E-state index is 0.387. The van der Waals surface area contributed by atoms with Crippen molar-refractivity contribution in [3.63, 3.8) is 0 Å². The van der Waals surface area contributed by atoms with Crippen molar-refractivity contribution in [3.05, 3.63) is 18.0 Å². The van der Waals surface area contributed by atoms with Gasteiger partial charge in [-0.15, -0.1) is 0 Å². The Balaban J connectivity index is 1.89. The molecule has 2 rings (SSSR count). The lowest BCUT2D eigenvalue weighted by Gasteiger charge is -2.35. The average molecular weight is 278 g/mol. The van der Waals surface area contributed by atoms with Crippen LogP contribution >= 0.6 is 0 Å². The van der Waals surface area contributed by atoms with E-state index in [0.29, 0.717) is 12.0 Å². The van der Waals surface area contributed by atoms with Crippen LogP contribution in [0.5, 0.6) is 0 Å². The van der Waals surface area contributed by atoms with Crippen molar-refractivity contribution in [2.75, 3.05) is 0 Å². The molecule has 0 amide bonds. The van der Waals surface area contributed by atoms with Crippen LogP contribution in [-0.4, -0.2) is 15.8 Å². The second-order valence-corrected chi connectivity index (χ2v) is 6.60. The first-order valence-corrected chi connectivity index (χ1v) is 8.11. The normalized spacial score (nSPS) is 25.1. The molecule has 1 aliphatic carbocycles. The van der Waals surface area contributed by atoms with E-state index in [2.05, 4.69) is 37.5 Å². The van der Waals surface area contributed by atoms with Gasteiger partial charge in [-0.1, -0.05) is 13.8 Å². The maximum absolute atomic E-state index is 5.81. The van der Waals surface area contributed by atoms with Crippen molar-refractivity contribution in [2.45, 2.75) is 65.5 Å². The third-order valence-corrected chi connectivity index (χ3v) is 5.01. The fraction of sp³-hybridized carbons (Fsp3) is 0.812. The van der Waals surface area contributed by atoms with E-state index in [9.17, 15) is 0 Å². The van der Waals surface area contributed by atoms with E-state index in [0.717, 1.165) is 24.8 Å².